The molecule has 1 aromatic heterocycles. The highest BCUT2D eigenvalue weighted by Crippen LogP contribution is 2.33. The molecule has 22 heavy (non-hydrogen) atoms. The lowest BCUT2D eigenvalue weighted by atomic mass is 9.78. The second-order valence-electron chi connectivity index (χ2n) is 6.19. The van der Waals surface area contributed by atoms with Crippen LogP contribution in [0.15, 0.2) is 6.20 Å². The fourth-order valence-corrected chi connectivity index (χ4v) is 3.45. The van der Waals surface area contributed by atoms with Crippen LogP contribution in [-0.4, -0.2) is 35.4 Å². The van der Waals surface area contributed by atoms with Gasteiger partial charge in [-0.3, -0.25) is 9.48 Å². The lowest BCUT2D eigenvalue weighted by Crippen LogP contribution is -2.50. The van der Waals surface area contributed by atoms with Gasteiger partial charge >= 0.3 is 0 Å². The minimum absolute atomic E-state index is 0. The number of rotatable bonds is 3. The molecule has 0 bridgehead atoms. The number of hydrogen-bond donors (Lipinski definition) is 2. The van der Waals surface area contributed by atoms with Crippen LogP contribution in [0.25, 0.3) is 0 Å². The van der Waals surface area contributed by atoms with E-state index in [-0.39, 0.29) is 24.4 Å². The second-order valence-corrected chi connectivity index (χ2v) is 6.19. The van der Waals surface area contributed by atoms with Crippen LogP contribution in [-0.2, 0) is 23.0 Å². The van der Waals surface area contributed by atoms with Crippen LogP contribution in [0.4, 0.5) is 0 Å². The first-order chi connectivity index (χ1) is 10.2. The number of halogens is 1. The summed E-state index contributed by atoms with van der Waals surface area (Å²) in [6, 6.07) is 0.0706. The van der Waals surface area contributed by atoms with Gasteiger partial charge in [-0.1, -0.05) is 0 Å². The largest absolute Gasteiger partial charge is 0.381 e. The third kappa shape index (κ3) is 3.00. The van der Waals surface area contributed by atoms with E-state index in [0.29, 0.717) is 32.6 Å². The van der Waals surface area contributed by atoms with Crippen molar-refractivity contribution in [2.75, 3.05) is 19.8 Å². The van der Waals surface area contributed by atoms with Crippen LogP contribution in [0.2, 0.25) is 0 Å². The van der Waals surface area contributed by atoms with Crippen LogP contribution >= 0.6 is 12.4 Å². The van der Waals surface area contributed by atoms with Crippen molar-refractivity contribution in [3.63, 3.8) is 0 Å². The van der Waals surface area contributed by atoms with Crippen LogP contribution in [0, 0.1) is 5.41 Å². The number of carbonyl (C=O) groups excluding carboxylic acids is 1. The zero-order valence-electron chi connectivity index (χ0n) is 13.0. The summed E-state index contributed by atoms with van der Waals surface area (Å²) >= 11 is 0. The molecule has 7 heteroatoms. The van der Waals surface area contributed by atoms with Crippen molar-refractivity contribution in [2.45, 2.75) is 38.1 Å². The number of hydrogen-bond acceptors (Lipinski definition) is 4. The Labute approximate surface area is 137 Å². The molecule has 2 aliphatic rings. The van der Waals surface area contributed by atoms with E-state index in [1.54, 1.807) is 0 Å². The summed E-state index contributed by atoms with van der Waals surface area (Å²) in [7, 11) is 1.96. The molecule has 0 aromatic carbocycles. The zero-order chi connectivity index (χ0) is 14.9. The van der Waals surface area contributed by atoms with Crippen molar-refractivity contribution >= 4 is 18.3 Å². The van der Waals surface area contributed by atoms with Gasteiger partial charge in [0.05, 0.1) is 17.7 Å². The van der Waals surface area contributed by atoms with Gasteiger partial charge < -0.3 is 15.8 Å². The SMILES string of the molecule is Cl.Cn1ncc2c1CCCC2NC(=O)C1(CN)CCOCC1. The van der Waals surface area contributed by atoms with Crippen molar-refractivity contribution in [3.05, 3.63) is 17.5 Å². The molecular weight excluding hydrogens is 304 g/mol. The number of aromatic nitrogens is 2. The van der Waals surface area contributed by atoms with Gasteiger partial charge in [-0.05, 0) is 32.1 Å². The molecule has 1 aromatic rings. The number of amides is 1. The number of carbonyl (C=O) groups is 1. The molecule has 1 aliphatic heterocycles. The molecule has 1 fully saturated rings. The van der Waals surface area contributed by atoms with Gasteiger partial charge in [0.25, 0.3) is 0 Å². The third-order valence-corrected chi connectivity index (χ3v) is 5.00. The van der Waals surface area contributed by atoms with Crippen LogP contribution in [0.1, 0.15) is 43.0 Å². The van der Waals surface area contributed by atoms with E-state index in [0.717, 1.165) is 24.8 Å². The van der Waals surface area contributed by atoms with Crippen LogP contribution in [0.3, 0.4) is 0 Å². The van der Waals surface area contributed by atoms with Gasteiger partial charge in [-0.2, -0.15) is 5.10 Å². The first kappa shape index (κ1) is 17.2. The van der Waals surface area contributed by atoms with Crippen molar-refractivity contribution in [2.24, 2.45) is 18.2 Å². The highest BCUT2D eigenvalue weighted by atomic mass is 35.5. The Hall–Kier alpha value is -1.11. The Kier molecular flexibility index (Phi) is 5.47. The third-order valence-electron chi connectivity index (χ3n) is 5.00. The Bertz CT molecular complexity index is 526. The monoisotopic (exact) mass is 328 g/mol. The van der Waals surface area contributed by atoms with Crippen molar-refractivity contribution < 1.29 is 9.53 Å². The predicted molar refractivity (Wildman–Crippen MR) is 85.8 cm³/mol. The predicted octanol–water partition coefficient (Wildman–Crippen LogP) is 1.09. The zero-order valence-corrected chi connectivity index (χ0v) is 13.8. The number of fused-ring (bicyclic) bond motifs is 1. The van der Waals surface area contributed by atoms with Gasteiger partial charge in [0.1, 0.15) is 0 Å². The normalized spacial score (nSPS) is 23.3. The summed E-state index contributed by atoms with van der Waals surface area (Å²) in [4.78, 5) is 12.8. The standard InChI is InChI=1S/C15H24N4O2.ClH/c1-19-13-4-2-3-12(11(13)9-17-19)18-14(20)15(10-16)5-7-21-8-6-15;/h9,12H,2-8,10,16H2,1H3,(H,18,20);1H. The van der Waals surface area contributed by atoms with Gasteiger partial charge in [0.2, 0.25) is 5.91 Å². The highest BCUT2D eigenvalue weighted by Gasteiger charge is 2.40. The molecule has 124 valence electrons. The molecule has 0 spiro atoms. The fourth-order valence-electron chi connectivity index (χ4n) is 3.45. The fraction of sp³-hybridized carbons (Fsp3) is 0.733. The molecule has 6 nitrogen and oxygen atoms in total. The molecular formula is C15H25ClN4O2. The molecule has 1 atom stereocenters. The Morgan fingerprint density at radius 1 is 1.55 bits per heavy atom. The van der Waals surface area contributed by atoms with Crippen LogP contribution < -0.4 is 11.1 Å². The average molecular weight is 329 g/mol. The first-order valence-electron chi connectivity index (χ1n) is 7.76. The lowest BCUT2D eigenvalue weighted by Gasteiger charge is -2.36. The molecule has 3 rings (SSSR count). The van der Waals surface area contributed by atoms with E-state index in [4.69, 9.17) is 10.5 Å². The molecule has 1 aliphatic carbocycles. The number of aryl methyl sites for hydroxylation is 1. The number of nitrogens with one attached hydrogen (secondary N) is 1. The number of nitrogens with zero attached hydrogens (tertiary/aromatic N) is 2. The summed E-state index contributed by atoms with van der Waals surface area (Å²) in [5.41, 5.74) is 7.85. The molecule has 1 saturated heterocycles. The van der Waals surface area contributed by atoms with Gasteiger partial charge in [-0.15, -0.1) is 12.4 Å². The smallest absolute Gasteiger partial charge is 0.228 e. The van der Waals surface area contributed by atoms with Gasteiger partial charge in [0.15, 0.2) is 0 Å². The molecule has 2 heterocycles. The summed E-state index contributed by atoms with van der Waals surface area (Å²) in [5.74, 6) is 0.0787. The maximum atomic E-state index is 12.8. The summed E-state index contributed by atoms with van der Waals surface area (Å²) < 4.78 is 7.29. The van der Waals surface area contributed by atoms with Crippen molar-refractivity contribution in [1.82, 2.24) is 15.1 Å². The van der Waals surface area contributed by atoms with Crippen LogP contribution in [0.5, 0.6) is 0 Å². The minimum Gasteiger partial charge on any atom is -0.381 e. The highest BCUT2D eigenvalue weighted by molar-refractivity contribution is 5.85. The molecule has 0 radical (unpaired) electrons. The minimum atomic E-state index is -0.460. The quantitative estimate of drug-likeness (QED) is 0.870. The summed E-state index contributed by atoms with van der Waals surface area (Å²) in [6.07, 6.45) is 6.40. The maximum absolute atomic E-state index is 12.8. The lowest BCUT2D eigenvalue weighted by molar-refractivity contribution is -0.136. The molecule has 1 amide bonds. The summed E-state index contributed by atoms with van der Waals surface area (Å²) in [5, 5.41) is 7.55. The topological polar surface area (TPSA) is 82.2 Å². The number of ether oxygens (including phenoxy) is 1. The van der Waals surface area contributed by atoms with Crippen molar-refractivity contribution in [1.29, 1.82) is 0 Å². The van der Waals surface area contributed by atoms with E-state index in [9.17, 15) is 4.79 Å². The van der Waals surface area contributed by atoms with E-state index >= 15 is 0 Å². The van der Waals surface area contributed by atoms with E-state index in [1.165, 1.54) is 5.69 Å². The Balaban J connectivity index is 0.00000176. The average Bonchev–Trinajstić information content (AvgIpc) is 2.90. The Morgan fingerprint density at radius 2 is 2.27 bits per heavy atom. The van der Waals surface area contributed by atoms with E-state index in [1.807, 2.05) is 17.9 Å². The second kappa shape index (κ2) is 6.98. The van der Waals surface area contributed by atoms with E-state index in [2.05, 4.69) is 10.4 Å². The molecule has 1 unspecified atom stereocenters. The first-order valence-corrected chi connectivity index (χ1v) is 7.76. The Morgan fingerprint density at radius 3 is 2.95 bits per heavy atom. The van der Waals surface area contributed by atoms with E-state index < -0.39 is 5.41 Å². The molecule has 0 saturated carbocycles. The van der Waals surface area contributed by atoms with Crippen molar-refractivity contribution in [3.8, 4) is 0 Å². The molecule has 3 N–H and O–H groups in total. The van der Waals surface area contributed by atoms with Gasteiger partial charge in [-0.25, -0.2) is 0 Å². The number of nitrogens with two attached hydrogens (primary N) is 1. The maximum Gasteiger partial charge on any atom is 0.228 e. The summed E-state index contributed by atoms with van der Waals surface area (Å²) in [6.45, 7) is 1.62. The van der Waals surface area contributed by atoms with Gasteiger partial charge in [0, 0.05) is 38.1 Å².